The van der Waals surface area contributed by atoms with Gasteiger partial charge in [-0.2, -0.15) is 0 Å². The lowest BCUT2D eigenvalue weighted by atomic mass is 9.97. The topological polar surface area (TPSA) is 101 Å². The molecule has 0 spiro atoms. The second-order valence-electron chi connectivity index (χ2n) is 9.19. The minimum Gasteiger partial charge on any atom is -0.465 e. The Labute approximate surface area is 204 Å². The quantitative estimate of drug-likeness (QED) is 0.507. The van der Waals surface area contributed by atoms with Crippen molar-refractivity contribution in [1.82, 2.24) is 24.8 Å². The molecule has 2 amide bonds. The van der Waals surface area contributed by atoms with Crippen LogP contribution < -0.4 is 10.6 Å². The summed E-state index contributed by atoms with van der Waals surface area (Å²) in [6.45, 7) is 5.07. The number of ether oxygens (including phenoxy) is 1. The monoisotopic (exact) mass is 476 g/mol. The molecule has 3 aromatic rings. The normalized spacial score (nSPS) is 15.7. The summed E-state index contributed by atoms with van der Waals surface area (Å²) < 4.78 is 7.21. The largest absolute Gasteiger partial charge is 0.465 e. The minimum atomic E-state index is -0.417. The van der Waals surface area contributed by atoms with Crippen LogP contribution in [0.5, 0.6) is 0 Å². The zero-order chi connectivity index (χ0) is 24.2. The Bertz CT molecular complexity index is 1220. The molecule has 2 aliphatic heterocycles. The zero-order valence-corrected chi connectivity index (χ0v) is 20.1. The number of aromatic nitrogens is 3. The van der Waals surface area contributed by atoms with Crippen molar-refractivity contribution in [2.45, 2.75) is 39.2 Å². The lowest BCUT2D eigenvalue weighted by molar-refractivity contribution is -0.141. The zero-order valence-electron chi connectivity index (χ0n) is 20.1. The number of esters is 1. The van der Waals surface area contributed by atoms with Gasteiger partial charge in [-0.15, -0.1) is 0 Å². The van der Waals surface area contributed by atoms with Gasteiger partial charge in [0.25, 0.3) is 0 Å². The molecule has 184 valence electrons. The Kier molecular flexibility index (Phi) is 6.83. The first-order valence-corrected chi connectivity index (χ1v) is 12.5. The highest BCUT2D eigenvalue weighted by Crippen LogP contribution is 2.34. The van der Waals surface area contributed by atoms with Gasteiger partial charge in [0, 0.05) is 49.5 Å². The molecule has 1 saturated heterocycles. The summed E-state index contributed by atoms with van der Waals surface area (Å²) in [6, 6.07) is 8.31. The fourth-order valence-corrected chi connectivity index (χ4v) is 5.10. The summed E-state index contributed by atoms with van der Waals surface area (Å²) in [4.78, 5) is 34.7. The van der Waals surface area contributed by atoms with E-state index in [1.165, 1.54) is 22.9 Å². The van der Waals surface area contributed by atoms with Crippen LogP contribution in [0.4, 0.5) is 10.7 Å². The third-order valence-electron chi connectivity index (χ3n) is 6.90. The highest BCUT2D eigenvalue weighted by atomic mass is 16.5. The van der Waals surface area contributed by atoms with Gasteiger partial charge < -0.3 is 24.8 Å². The van der Waals surface area contributed by atoms with Crippen LogP contribution in [0.3, 0.4) is 0 Å². The van der Waals surface area contributed by atoms with E-state index in [0.29, 0.717) is 31.6 Å². The number of hydrogen-bond donors (Lipinski definition) is 2. The molecule has 9 nitrogen and oxygen atoms in total. The second kappa shape index (κ2) is 10.3. The number of carbonyl (C=O) groups is 2. The number of para-hydroxylation sites is 1. The third kappa shape index (κ3) is 5.08. The number of carbonyl (C=O) groups excluding carboxylic acids is 2. The van der Waals surface area contributed by atoms with E-state index in [1.54, 1.807) is 11.8 Å². The molecular formula is C26H32N6O3. The van der Waals surface area contributed by atoms with Crippen LogP contribution in [-0.4, -0.2) is 64.2 Å². The number of hydrogen-bond acceptors (Lipinski definition) is 6. The number of aryl methyl sites for hydroxylation is 2. The van der Waals surface area contributed by atoms with Gasteiger partial charge in [0.15, 0.2) is 0 Å². The van der Waals surface area contributed by atoms with Crippen molar-refractivity contribution in [2.75, 3.05) is 38.1 Å². The predicted molar refractivity (Wildman–Crippen MR) is 134 cm³/mol. The van der Waals surface area contributed by atoms with E-state index in [2.05, 4.69) is 44.6 Å². The number of piperidine rings is 1. The van der Waals surface area contributed by atoms with E-state index in [0.717, 1.165) is 43.6 Å². The van der Waals surface area contributed by atoms with E-state index < -0.39 is 5.97 Å². The summed E-state index contributed by atoms with van der Waals surface area (Å²) in [7, 11) is 0. The Morgan fingerprint density at radius 3 is 2.86 bits per heavy atom. The van der Waals surface area contributed by atoms with Gasteiger partial charge in [0.05, 0.1) is 17.8 Å². The van der Waals surface area contributed by atoms with Crippen LogP contribution in [-0.2, 0) is 22.5 Å². The van der Waals surface area contributed by atoms with Crippen molar-refractivity contribution in [3.63, 3.8) is 0 Å². The number of benzene rings is 1. The summed E-state index contributed by atoms with van der Waals surface area (Å²) >= 11 is 0. The Morgan fingerprint density at radius 1 is 1.17 bits per heavy atom. The van der Waals surface area contributed by atoms with Gasteiger partial charge in [-0.3, -0.25) is 4.79 Å². The van der Waals surface area contributed by atoms with Crippen molar-refractivity contribution in [3.05, 3.63) is 42.2 Å². The molecule has 1 fully saturated rings. The van der Waals surface area contributed by atoms with Crippen molar-refractivity contribution >= 4 is 28.9 Å². The Balaban J connectivity index is 1.16. The van der Waals surface area contributed by atoms with Crippen LogP contribution >= 0.6 is 0 Å². The Morgan fingerprint density at radius 2 is 2.03 bits per heavy atom. The average molecular weight is 477 g/mol. The van der Waals surface area contributed by atoms with Crippen molar-refractivity contribution in [3.8, 4) is 11.3 Å². The highest BCUT2D eigenvalue weighted by Gasteiger charge is 2.23. The fourth-order valence-electron chi connectivity index (χ4n) is 5.10. The molecule has 5 rings (SSSR count). The van der Waals surface area contributed by atoms with Gasteiger partial charge in [-0.25, -0.2) is 14.8 Å². The summed E-state index contributed by atoms with van der Waals surface area (Å²) in [5.74, 6) is 0.638. The molecule has 0 aliphatic carbocycles. The van der Waals surface area contributed by atoms with Crippen LogP contribution in [0, 0.1) is 5.92 Å². The SMILES string of the molecule is CCOC(=O)CNC(=O)N1CCC(CNc2nccc(-c3cn4c5c(cccc35)CCC4)n2)CC1. The van der Waals surface area contributed by atoms with E-state index in [9.17, 15) is 9.59 Å². The highest BCUT2D eigenvalue weighted by molar-refractivity contribution is 5.97. The number of anilines is 1. The first-order valence-electron chi connectivity index (χ1n) is 12.5. The number of amides is 2. The molecule has 1 aromatic carbocycles. The molecular weight excluding hydrogens is 444 g/mol. The van der Waals surface area contributed by atoms with Gasteiger partial charge in [0.2, 0.25) is 5.95 Å². The molecule has 0 bridgehead atoms. The second-order valence-corrected chi connectivity index (χ2v) is 9.19. The standard InChI is InChI=1S/C26H32N6O3/c1-2-35-23(33)16-29-26(34)31-13-9-18(10-14-31)15-28-25-27-11-8-22(30-25)21-17-32-12-4-6-19-5-3-7-20(21)24(19)32/h3,5,7-8,11,17-18H,2,4,6,9-10,12-16H2,1H3,(H,29,34)(H,27,28,30). The number of likely N-dealkylation sites (tertiary alicyclic amines) is 1. The van der Waals surface area contributed by atoms with E-state index >= 15 is 0 Å². The van der Waals surface area contributed by atoms with Crippen LogP contribution in [0.15, 0.2) is 36.7 Å². The molecule has 0 radical (unpaired) electrons. The van der Waals surface area contributed by atoms with Crippen molar-refractivity contribution in [2.24, 2.45) is 5.92 Å². The van der Waals surface area contributed by atoms with Crippen LogP contribution in [0.25, 0.3) is 22.2 Å². The lowest BCUT2D eigenvalue weighted by Crippen LogP contribution is -2.46. The molecule has 0 atom stereocenters. The summed E-state index contributed by atoms with van der Waals surface area (Å²) in [6.07, 6.45) is 8.10. The molecule has 2 N–H and O–H groups in total. The number of nitrogens with zero attached hydrogens (tertiary/aromatic N) is 4. The fraction of sp³-hybridized carbons (Fsp3) is 0.462. The maximum Gasteiger partial charge on any atom is 0.325 e. The first kappa shape index (κ1) is 23.1. The molecule has 4 heterocycles. The lowest BCUT2D eigenvalue weighted by Gasteiger charge is -2.32. The molecule has 2 aromatic heterocycles. The third-order valence-corrected chi connectivity index (χ3v) is 6.90. The van der Waals surface area contributed by atoms with Gasteiger partial charge in [-0.1, -0.05) is 18.2 Å². The van der Waals surface area contributed by atoms with Gasteiger partial charge in [0.1, 0.15) is 6.54 Å². The minimum absolute atomic E-state index is 0.0954. The summed E-state index contributed by atoms with van der Waals surface area (Å²) in [5.41, 5.74) is 4.82. The smallest absolute Gasteiger partial charge is 0.325 e. The number of urea groups is 1. The van der Waals surface area contributed by atoms with Crippen molar-refractivity contribution in [1.29, 1.82) is 0 Å². The predicted octanol–water partition coefficient (Wildman–Crippen LogP) is 3.44. The molecule has 2 aliphatic rings. The van der Waals surface area contributed by atoms with E-state index in [-0.39, 0.29) is 12.6 Å². The molecule has 0 unspecified atom stereocenters. The van der Waals surface area contributed by atoms with Crippen LogP contribution in [0.2, 0.25) is 0 Å². The maximum atomic E-state index is 12.3. The first-order chi connectivity index (χ1) is 17.1. The summed E-state index contributed by atoms with van der Waals surface area (Å²) in [5, 5.41) is 7.29. The maximum absolute atomic E-state index is 12.3. The molecule has 9 heteroatoms. The van der Waals surface area contributed by atoms with Crippen LogP contribution in [0.1, 0.15) is 31.7 Å². The molecule has 0 saturated carbocycles. The van der Waals surface area contributed by atoms with Gasteiger partial charge in [-0.05, 0) is 50.2 Å². The van der Waals surface area contributed by atoms with Gasteiger partial charge >= 0.3 is 12.0 Å². The molecule has 35 heavy (non-hydrogen) atoms. The Hall–Kier alpha value is -3.62. The van der Waals surface area contributed by atoms with E-state index in [4.69, 9.17) is 9.72 Å². The number of rotatable bonds is 7. The van der Waals surface area contributed by atoms with Crippen molar-refractivity contribution < 1.29 is 14.3 Å². The number of nitrogens with one attached hydrogen (secondary N) is 2. The van der Waals surface area contributed by atoms with E-state index in [1.807, 2.05) is 12.3 Å². The average Bonchev–Trinajstić information content (AvgIpc) is 3.27.